The van der Waals surface area contributed by atoms with Gasteiger partial charge in [-0.05, 0) is 50.1 Å². The Kier molecular flexibility index (Phi) is 6.58. The minimum atomic E-state index is -0.506. The van der Waals surface area contributed by atoms with E-state index in [1.54, 1.807) is 19.1 Å². The average Bonchev–Trinajstić information content (AvgIpc) is 2.55. The van der Waals surface area contributed by atoms with Crippen LogP contribution in [0.15, 0.2) is 41.3 Å². The molecule has 0 saturated heterocycles. The van der Waals surface area contributed by atoms with Crippen LogP contribution in [0.4, 0.5) is 10.1 Å². The van der Waals surface area contributed by atoms with E-state index in [1.807, 2.05) is 32.0 Å². The van der Waals surface area contributed by atoms with Crippen LogP contribution < -0.4 is 5.32 Å². The fourth-order valence-corrected chi connectivity index (χ4v) is 2.96. The number of carbonyl (C=O) groups excluding carboxylic acids is 2. The van der Waals surface area contributed by atoms with Crippen LogP contribution in [0, 0.1) is 26.6 Å². The third kappa shape index (κ3) is 5.90. The van der Waals surface area contributed by atoms with Crippen LogP contribution in [-0.2, 0) is 14.3 Å². The molecule has 6 heteroatoms. The maximum absolute atomic E-state index is 13.4. The highest BCUT2D eigenvalue weighted by Gasteiger charge is 2.10. The number of nitrogens with one attached hydrogen (secondary N) is 1. The van der Waals surface area contributed by atoms with Crippen LogP contribution >= 0.6 is 11.8 Å². The van der Waals surface area contributed by atoms with Crippen molar-refractivity contribution in [2.24, 2.45) is 0 Å². The summed E-state index contributed by atoms with van der Waals surface area (Å²) in [5.41, 5.74) is 3.08. The number of halogens is 1. The van der Waals surface area contributed by atoms with Gasteiger partial charge in [0.1, 0.15) is 5.82 Å². The smallest absolute Gasteiger partial charge is 0.316 e. The van der Waals surface area contributed by atoms with Crippen molar-refractivity contribution in [2.75, 3.05) is 17.7 Å². The molecule has 25 heavy (non-hydrogen) atoms. The molecule has 0 aliphatic carbocycles. The summed E-state index contributed by atoms with van der Waals surface area (Å²) in [6, 6.07) is 10.4. The Hall–Kier alpha value is -2.34. The van der Waals surface area contributed by atoms with Crippen molar-refractivity contribution in [1.82, 2.24) is 0 Å². The topological polar surface area (TPSA) is 55.4 Å². The SMILES string of the molecule is Cc1ccc(SCC(=O)OCC(=O)Nc2ccc(C)c(F)c2)c(C)c1. The molecule has 4 nitrogen and oxygen atoms in total. The standard InChI is InChI=1S/C19H20FNO3S/c1-12-4-7-17(14(3)8-12)25-11-19(23)24-10-18(22)21-15-6-5-13(2)16(20)9-15/h4-9H,10-11H2,1-3H3,(H,21,22). The van der Waals surface area contributed by atoms with Gasteiger partial charge in [-0.2, -0.15) is 0 Å². The lowest BCUT2D eigenvalue weighted by Gasteiger charge is -2.08. The molecule has 2 aromatic carbocycles. The molecule has 0 bridgehead atoms. The number of hydrogen-bond donors (Lipinski definition) is 1. The summed E-state index contributed by atoms with van der Waals surface area (Å²) in [6.07, 6.45) is 0. The Bertz CT molecular complexity index is 792. The highest BCUT2D eigenvalue weighted by molar-refractivity contribution is 8.00. The van der Waals surface area contributed by atoms with Crippen LogP contribution in [0.5, 0.6) is 0 Å². The van der Waals surface area contributed by atoms with E-state index in [-0.39, 0.29) is 5.75 Å². The summed E-state index contributed by atoms with van der Waals surface area (Å²) in [5, 5.41) is 2.49. The van der Waals surface area contributed by atoms with Gasteiger partial charge in [0.25, 0.3) is 5.91 Å². The number of anilines is 1. The molecule has 2 rings (SSSR count). The van der Waals surface area contributed by atoms with Crippen molar-refractivity contribution >= 4 is 29.3 Å². The number of amides is 1. The van der Waals surface area contributed by atoms with Gasteiger partial charge in [0.15, 0.2) is 6.61 Å². The highest BCUT2D eigenvalue weighted by Crippen LogP contribution is 2.23. The number of ether oxygens (including phenoxy) is 1. The normalized spacial score (nSPS) is 10.4. The van der Waals surface area contributed by atoms with Crippen molar-refractivity contribution in [3.05, 3.63) is 58.9 Å². The minimum absolute atomic E-state index is 0.121. The molecule has 0 fully saturated rings. The van der Waals surface area contributed by atoms with E-state index in [9.17, 15) is 14.0 Å². The van der Waals surface area contributed by atoms with E-state index in [1.165, 1.54) is 17.8 Å². The average molecular weight is 361 g/mol. The van der Waals surface area contributed by atoms with E-state index in [0.717, 1.165) is 16.0 Å². The van der Waals surface area contributed by atoms with Gasteiger partial charge in [-0.15, -0.1) is 11.8 Å². The fourth-order valence-electron chi connectivity index (χ4n) is 2.15. The van der Waals surface area contributed by atoms with Crippen molar-refractivity contribution in [1.29, 1.82) is 0 Å². The lowest BCUT2D eigenvalue weighted by atomic mass is 10.2. The first-order valence-corrected chi connectivity index (χ1v) is 8.75. The van der Waals surface area contributed by atoms with E-state index < -0.39 is 24.3 Å². The lowest BCUT2D eigenvalue weighted by Crippen LogP contribution is -2.21. The zero-order chi connectivity index (χ0) is 18.4. The first kappa shape index (κ1) is 19.0. The van der Waals surface area contributed by atoms with Crippen LogP contribution in [-0.4, -0.2) is 24.2 Å². The molecule has 0 aliphatic heterocycles. The van der Waals surface area contributed by atoms with Crippen LogP contribution in [0.3, 0.4) is 0 Å². The number of carbonyl (C=O) groups is 2. The van der Waals surface area contributed by atoms with Gasteiger partial charge >= 0.3 is 5.97 Å². The quantitative estimate of drug-likeness (QED) is 0.624. The zero-order valence-electron chi connectivity index (χ0n) is 14.4. The predicted molar refractivity (Wildman–Crippen MR) is 97.4 cm³/mol. The fraction of sp³-hybridized carbons (Fsp3) is 0.263. The summed E-state index contributed by atoms with van der Waals surface area (Å²) in [6.45, 7) is 5.22. The van der Waals surface area contributed by atoms with Crippen LogP contribution in [0.1, 0.15) is 16.7 Å². The van der Waals surface area contributed by atoms with Crippen molar-refractivity contribution in [3.8, 4) is 0 Å². The molecule has 1 N–H and O–H groups in total. The van der Waals surface area contributed by atoms with E-state index in [0.29, 0.717) is 11.3 Å². The van der Waals surface area contributed by atoms with Crippen molar-refractivity contribution in [2.45, 2.75) is 25.7 Å². The Labute approximate surface area is 150 Å². The van der Waals surface area contributed by atoms with Crippen LogP contribution in [0.2, 0.25) is 0 Å². The van der Waals surface area contributed by atoms with Gasteiger partial charge in [0.2, 0.25) is 0 Å². The molecular weight excluding hydrogens is 341 g/mol. The predicted octanol–water partition coefficient (Wildman–Crippen LogP) is 4.02. The monoisotopic (exact) mass is 361 g/mol. The molecule has 0 radical (unpaired) electrons. The van der Waals surface area contributed by atoms with Gasteiger partial charge < -0.3 is 10.1 Å². The van der Waals surface area contributed by atoms with E-state index >= 15 is 0 Å². The summed E-state index contributed by atoms with van der Waals surface area (Å²) < 4.78 is 18.4. The first-order valence-electron chi connectivity index (χ1n) is 7.77. The second-order valence-electron chi connectivity index (χ2n) is 5.73. The number of esters is 1. The third-order valence-corrected chi connectivity index (χ3v) is 4.64. The largest absolute Gasteiger partial charge is 0.455 e. The summed E-state index contributed by atoms with van der Waals surface area (Å²) in [7, 11) is 0. The van der Waals surface area contributed by atoms with E-state index in [2.05, 4.69) is 5.32 Å². The lowest BCUT2D eigenvalue weighted by molar-refractivity contribution is -0.144. The number of aryl methyl sites for hydroxylation is 3. The molecule has 0 saturated carbocycles. The molecular formula is C19H20FNO3S. The molecule has 0 unspecified atom stereocenters. The zero-order valence-corrected chi connectivity index (χ0v) is 15.2. The van der Waals surface area contributed by atoms with Gasteiger partial charge in [-0.1, -0.05) is 23.8 Å². The molecule has 132 valence electrons. The third-order valence-electron chi connectivity index (χ3n) is 3.50. The minimum Gasteiger partial charge on any atom is -0.455 e. The van der Waals surface area contributed by atoms with Crippen LogP contribution in [0.25, 0.3) is 0 Å². The highest BCUT2D eigenvalue weighted by atomic mass is 32.2. The molecule has 0 atom stereocenters. The van der Waals surface area contributed by atoms with Gasteiger partial charge in [0.05, 0.1) is 5.75 Å². The number of thioether (sulfide) groups is 1. The molecule has 0 spiro atoms. The maximum atomic E-state index is 13.4. The Morgan fingerprint density at radius 1 is 1.08 bits per heavy atom. The second kappa shape index (κ2) is 8.67. The number of rotatable bonds is 6. The summed E-state index contributed by atoms with van der Waals surface area (Å²) in [5.74, 6) is -1.26. The Morgan fingerprint density at radius 3 is 2.52 bits per heavy atom. The maximum Gasteiger partial charge on any atom is 0.316 e. The Balaban J connectivity index is 1.77. The van der Waals surface area contributed by atoms with Crippen molar-refractivity contribution in [3.63, 3.8) is 0 Å². The molecule has 0 aromatic heterocycles. The summed E-state index contributed by atoms with van der Waals surface area (Å²) in [4.78, 5) is 24.5. The van der Waals surface area contributed by atoms with Gasteiger partial charge in [-0.3, -0.25) is 9.59 Å². The number of benzene rings is 2. The van der Waals surface area contributed by atoms with Gasteiger partial charge in [-0.25, -0.2) is 4.39 Å². The van der Waals surface area contributed by atoms with Crippen molar-refractivity contribution < 1.29 is 18.7 Å². The molecule has 1 amide bonds. The van der Waals surface area contributed by atoms with Gasteiger partial charge in [0, 0.05) is 10.6 Å². The second-order valence-corrected chi connectivity index (χ2v) is 6.75. The van der Waals surface area contributed by atoms with E-state index in [4.69, 9.17) is 4.74 Å². The molecule has 0 aliphatic rings. The summed E-state index contributed by atoms with van der Waals surface area (Å²) >= 11 is 1.37. The molecule has 0 heterocycles. The molecule has 2 aromatic rings. The first-order chi connectivity index (χ1) is 11.8. The Morgan fingerprint density at radius 2 is 1.84 bits per heavy atom. The number of hydrogen-bond acceptors (Lipinski definition) is 4.